The molecule has 0 saturated heterocycles. The second-order valence-corrected chi connectivity index (χ2v) is 7.87. The zero-order valence-electron chi connectivity index (χ0n) is 17.5. The van der Waals surface area contributed by atoms with Gasteiger partial charge in [-0.05, 0) is 11.5 Å². The van der Waals surface area contributed by atoms with Gasteiger partial charge in [0.1, 0.15) is 6.61 Å². The number of aromatic amines is 1. The van der Waals surface area contributed by atoms with Gasteiger partial charge < -0.3 is 20.4 Å². The minimum Gasteiger partial charge on any atom is -0.445 e. The minimum absolute atomic E-state index is 0.0783. The fourth-order valence-electron chi connectivity index (χ4n) is 3.49. The van der Waals surface area contributed by atoms with Gasteiger partial charge in [-0.15, -0.1) is 0 Å². The predicted molar refractivity (Wildman–Crippen MR) is 111 cm³/mol. The van der Waals surface area contributed by atoms with Gasteiger partial charge in [0, 0.05) is 18.8 Å². The number of amides is 2. The molecule has 0 saturated carbocycles. The maximum Gasteiger partial charge on any atom is 0.408 e. The summed E-state index contributed by atoms with van der Waals surface area (Å²) in [7, 11) is 0. The molecule has 3 rings (SSSR count). The molecular weight excluding hydrogens is 400 g/mol. The molecule has 0 radical (unpaired) electrons. The number of nitrogens with one attached hydrogen (secondary N) is 3. The highest BCUT2D eigenvalue weighted by molar-refractivity contribution is 6.37. The standard InChI is InChI=1S/C22H26N4O5/c1-13(2)19(26-22(30)31-11-14-6-4-3-5-7-14)18(27)9-15-8-16-17(25-12-24-16)10-23-21(29)20(15)28/h3-7,12-13,15,19H,8-11H2,1-2H3,(H,23,29)(H,24,25)(H,26,30). The lowest BCUT2D eigenvalue weighted by molar-refractivity contribution is -0.141. The Kier molecular flexibility index (Phi) is 7.17. The molecule has 31 heavy (non-hydrogen) atoms. The highest BCUT2D eigenvalue weighted by atomic mass is 16.5. The van der Waals surface area contributed by atoms with Gasteiger partial charge in [0.05, 0.1) is 30.3 Å². The van der Waals surface area contributed by atoms with E-state index in [1.54, 1.807) is 13.8 Å². The van der Waals surface area contributed by atoms with Crippen LogP contribution in [0.3, 0.4) is 0 Å². The lowest BCUT2D eigenvalue weighted by Crippen LogP contribution is -2.46. The van der Waals surface area contributed by atoms with E-state index in [0.717, 1.165) is 5.56 Å². The highest BCUT2D eigenvalue weighted by Crippen LogP contribution is 2.20. The van der Waals surface area contributed by atoms with E-state index in [2.05, 4.69) is 20.6 Å². The van der Waals surface area contributed by atoms with Gasteiger partial charge in [0.15, 0.2) is 5.78 Å². The van der Waals surface area contributed by atoms with Crippen molar-refractivity contribution in [3.05, 3.63) is 53.6 Å². The molecule has 2 atom stereocenters. The molecule has 1 aromatic carbocycles. The summed E-state index contributed by atoms with van der Waals surface area (Å²) in [5, 5.41) is 5.14. The number of Topliss-reactive ketones (excluding diaryl/α,β-unsaturated/α-hetero) is 2. The number of ether oxygens (including phenoxy) is 1. The summed E-state index contributed by atoms with van der Waals surface area (Å²) in [6.07, 6.45) is 0.778. The number of imidazole rings is 1. The Labute approximate surface area is 180 Å². The van der Waals surface area contributed by atoms with E-state index in [4.69, 9.17) is 4.74 Å². The van der Waals surface area contributed by atoms with Gasteiger partial charge in [-0.25, -0.2) is 9.78 Å². The third-order valence-corrected chi connectivity index (χ3v) is 5.21. The number of carbonyl (C=O) groups is 4. The normalized spacial score (nSPS) is 17.2. The van der Waals surface area contributed by atoms with Crippen LogP contribution in [0, 0.1) is 11.8 Å². The number of ketones is 2. The van der Waals surface area contributed by atoms with Crippen LogP contribution in [0.25, 0.3) is 0 Å². The van der Waals surface area contributed by atoms with Gasteiger partial charge >= 0.3 is 6.09 Å². The molecule has 2 heterocycles. The molecule has 2 aromatic rings. The van der Waals surface area contributed by atoms with E-state index < -0.39 is 29.7 Å². The maximum atomic E-state index is 13.0. The molecule has 0 aliphatic carbocycles. The Hall–Kier alpha value is -3.49. The third-order valence-electron chi connectivity index (χ3n) is 5.21. The molecule has 9 heteroatoms. The molecular formula is C22H26N4O5. The maximum absolute atomic E-state index is 13.0. The first-order chi connectivity index (χ1) is 14.8. The lowest BCUT2D eigenvalue weighted by atomic mass is 9.86. The van der Waals surface area contributed by atoms with Crippen molar-refractivity contribution < 1.29 is 23.9 Å². The highest BCUT2D eigenvalue weighted by Gasteiger charge is 2.34. The first kappa shape index (κ1) is 22.2. The average molecular weight is 426 g/mol. The van der Waals surface area contributed by atoms with Crippen LogP contribution >= 0.6 is 0 Å². The van der Waals surface area contributed by atoms with Crippen LogP contribution in [0.5, 0.6) is 0 Å². The van der Waals surface area contributed by atoms with Crippen molar-refractivity contribution in [2.45, 2.75) is 45.9 Å². The first-order valence-electron chi connectivity index (χ1n) is 10.2. The SMILES string of the molecule is CC(C)C(NC(=O)OCc1ccccc1)C(=O)CC1Cc2nc[nH]c2CNC(=O)C1=O. The lowest BCUT2D eigenvalue weighted by Gasteiger charge is -2.24. The zero-order valence-corrected chi connectivity index (χ0v) is 17.5. The molecule has 1 aliphatic heterocycles. The number of alkyl carbamates (subject to hydrolysis) is 1. The van der Waals surface area contributed by atoms with Crippen molar-refractivity contribution in [2.75, 3.05) is 0 Å². The topological polar surface area (TPSA) is 130 Å². The summed E-state index contributed by atoms with van der Waals surface area (Å²) in [5.41, 5.74) is 2.18. The van der Waals surface area contributed by atoms with Crippen molar-refractivity contribution in [1.82, 2.24) is 20.6 Å². The molecule has 0 fully saturated rings. The molecule has 2 amide bonds. The van der Waals surface area contributed by atoms with E-state index in [0.29, 0.717) is 11.4 Å². The smallest absolute Gasteiger partial charge is 0.408 e. The summed E-state index contributed by atoms with van der Waals surface area (Å²) in [6.45, 7) is 3.84. The molecule has 164 valence electrons. The van der Waals surface area contributed by atoms with Crippen molar-refractivity contribution in [2.24, 2.45) is 11.8 Å². The largest absolute Gasteiger partial charge is 0.445 e. The number of fused-ring (bicyclic) bond motifs is 1. The number of hydrogen-bond donors (Lipinski definition) is 3. The van der Waals surface area contributed by atoms with Gasteiger partial charge in [-0.3, -0.25) is 14.4 Å². The summed E-state index contributed by atoms with van der Waals surface area (Å²) in [5.74, 6) is -2.80. The zero-order chi connectivity index (χ0) is 22.4. The van der Waals surface area contributed by atoms with Crippen LogP contribution in [0.2, 0.25) is 0 Å². The first-order valence-corrected chi connectivity index (χ1v) is 10.2. The van der Waals surface area contributed by atoms with Crippen LogP contribution in [-0.4, -0.2) is 39.6 Å². The van der Waals surface area contributed by atoms with Gasteiger partial charge in [0.25, 0.3) is 5.91 Å². The Bertz CT molecular complexity index is 954. The van der Waals surface area contributed by atoms with E-state index in [1.165, 1.54) is 6.33 Å². The summed E-state index contributed by atoms with van der Waals surface area (Å²) in [4.78, 5) is 57.0. The summed E-state index contributed by atoms with van der Waals surface area (Å²) < 4.78 is 5.21. The number of carbonyl (C=O) groups excluding carboxylic acids is 4. The minimum atomic E-state index is -0.849. The molecule has 0 spiro atoms. The number of aromatic nitrogens is 2. The van der Waals surface area contributed by atoms with Gasteiger partial charge in [0.2, 0.25) is 5.78 Å². The molecule has 1 aromatic heterocycles. The quantitative estimate of drug-likeness (QED) is 0.578. The average Bonchev–Trinajstić information content (AvgIpc) is 3.19. The second kappa shape index (κ2) is 10.0. The second-order valence-electron chi connectivity index (χ2n) is 7.87. The van der Waals surface area contributed by atoms with Crippen LogP contribution in [-0.2, 0) is 38.7 Å². The van der Waals surface area contributed by atoms with E-state index in [1.807, 2.05) is 30.3 Å². The molecule has 0 bridgehead atoms. The molecule has 9 nitrogen and oxygen atoms in total. The Balaban J connectivity index is 1.64. The van der Waals surface area contributed by atoms with E-state index in [9.17, 15) is 19.2 Å². The van der Waals surface area contributed by atoms with E-state index in [-0.39, 0.29) is 37.7 Å². The predicted octanol–water partition coefficient (Wildman–Crippen LogP) is 1.68. The number of rotatable bonds is 7. The molecule has 3 N–H and O–H groups in total. The Morgan fingerprint density at radius 2 is 1.97 bits per heavy atom. The number of nitrogens with zero attached hydrogens (tertiary/aromatic N) is 1. The molecule has 2 unspecified atom stereocenters. The van der Waals surface area contributed by atoms with Crippen LogP contribution in [0.1, 0.15) is 37.2 Å². The van der Waals surface area contributed by atoms with Gasteiger partial charge in [-0.1, -0.05) is 44.2 Å². The fourth-order valence-corrected chi connectivity index (χ4v) is 3.49. The molecule has 1 aliphatic rings. The Morgan fingerprint density at radius 3 is 2.68 bits per heavy atom. The summed E-state index contributed by atoms with van der Waals surface area (Å²) in [6, 6.07) is 8.34. The number of benzene rings is 1. The fraction of sp³-hybridized carbons (Fsp3) is 0.409. The Morgan fingerprint density at radius 1 is 1.23 bits per heavy atom. The van der Waals surface area contributed by atoms with Crippen molar-refractivity contribution >= 4 is 23.6 Å². The summed E-state index contributed by atoms with van der Waals surface area (Å²) >= 11 is 0. The number of hydrogen-bond acceptors (Lipinski definition) is 6. The van der Waals surface area contributed by atoms with Gasteiger partial charge in [-0.2, -0.15) is 0 Å². The monoisotopic (exact) mass is 426 g/mol. The van der Waals surface area contributed by atoms with Crippen LogP contribution < -0.4 is 10.6 Å². The van der Waals surface area contributed by atoms with E-state index >= 15 is 0 Å². The van der Waals surface area contributed by atoms with Crippen molar-refractivity contribution in [3.63, 3.8) is 0 Å². The van der Waals surface area contributed by atoms with Crippen LogP contribution in [0.4, 0.5) is 4.79 Å². The van der Waals surface area contributed by atoms with Crippen molar-refractivity contribution in [3.8, 4) is 0 Å². The third kappa shape index (κ3) is 5.78. The van der Waals surface area contributed by atoms with Crippen LogP contribution in [0.15, 0.2) is 36.7 Å². The van der Waals surface area contributed by atoms with Crippen molar-refractivity contribution in [1.29, 1.82) is 0 Å². The number of H-pyrrole nitrogens is 1.